The van der Waals surface area contributed by atoms with Gasteiger partial charge in [-0.25, -0.2) is 0 Å². The van der Waals surface area contributed by atoms with Crippen LogP contribution in [0.15, 0.2) is 12.1 Å². The summed E-state index contributed by atoms with van der Waals surface area (Å²) in [5.74, 6) is 0. The van der Waals surface area contributed by atoms with Crippen molar-refractivity contribution in [3.63, 3.8) is 0 Å². The summed E-state index contributed by atoms with van der Waals surface area (Å²) in [7, 11) is 4.13. The first-order chi connectivity index (χ1) is 6.25. The van der Waals surface area contributed by atoms with Gasteiger partial charge in [-0.05, 0) is 25.7 Å². The van der Waals surface area contributed by atoms with E-state index in [1.807, 2.05) is 0 Å². The highest BCUT2D eigenvalue weighted by Crippen LogP contribution is 2.13. The minimum Gasteiger partial charge on any atom is -0.307 e. The van der Waals surface area contributed by atoms with Crippen molar-refractivity contribution in [2.75, 3.05) is 14.1 Å². The van der Waals surface area contributed by atoms with Crippen molar-refractivity contribution in [3.05, 3.63) is 29.1 Å². The fraction of sp³-hybridized carbons (Fsp3) is 0.500. The Balaban J connectivity index is 2.21. The maximum Gasteiger partial charge on any atom is 0.0590 e. The summed E-state index contributed by atoms with van der Waals surface area (Å²) in [6.45, 7) is 2.83. The Hall–Kier alpha value is -0.930. The van der Waals surface area contributed by atoms with Gasteiger partial charge in [-0.3, -0.25) is 4.98 Å². The number of nitrogens with zero attached hydrogens (tertiary/aromatic N) is 2. The van der Waals surface area contributed by atoms with Gasteiger partial charge in [-0.1, -0.05) is 6.07 Å². The smallest absolute Gasteiger partial charge is 0.0590 e. The highest BCUT2D eigenvalue weighted by molar-refractivity contribution is 5.26. The SMILES string of the molecule is CN(C)Cc1ccc2c(n1)CNC2. The van der Waals surface area contributed by atoms with E-state index in [0.717, 1.165) is 25.3 Å². The first-order valence-corrected chi connectivity index (χ1v) is 4.59. The maximum absolute atomic E-state index is 4.59. The lowest BCUT2D eigenvalue weighted by atomic mass is 10.2. The second-order valence-electron chi connectivity index (χ2n) is 3.75. The minimum absolute atomic E-state index is 0.924. The first-order valence-electron chi connectivity index (χ1n) is 4.59. The van der Waals surface area contributed by atoms with Crippen LogP contribution in [0.4, 0.5) is 0 Å². The molecule has 0 aliphatic carbocycles. The molecule has 0 spiro atoms. The third-order valence-electron chi connectivity index (χ3n) is 2.21. The number of hydrogen-bond donors (Lipinski definition) is 1. The molecular weight excluding hydrogens is 162 g/mol. The third-order valence-corrected chi connectivity index (χ3v) is 2.21. The molecule has 0 fully saturated rings. The van der Waals surface area contributed by atoms with Crippen LogP contribution < -0.4 is 5.32 Å². The molecule has 0 atom stereocenters. The van der Waals surface area contributed by atoms with Gasteiger partial charge in [0.15, 0.2) is 0 Å². The first kappa shape index (κ1) is 8.66. The molecule has 13 heavy (non-hydrogen) atoms. The molecule has 3 nitrogen and oxygen atoms in total. The Morgan fingerprint density at radius 1 is 1.38 bits per heavy atom. The summed E-state index contributed by atoms with van der Waals surface area (Å²) in [6.07, 6.45) is 0. The van der Waals surface area contributed by atoms with E-state index < -0.39 is 0 Å². The Bertz CT molecular complexity index is 307. The average Bonchev–Trinajstić information content (AvgIpc) is 2.49. The Morgan fingerprint density at radius 3 is 3.00 bits per heavy atom. The third kappa shape index (κ3) is 1.87. The fourth-order valence-corrected chi connectivity index (χ4v) is 1.62. The van der Waals surface area contributed by atoms with Crippen LogP contribution in [0.25, 0.3) is 0 Å². The van der Waals surface area contributed by atoms with Gasteiger partial charge in [0, 0.05) is 19.6 Å². The summed E-state index contributed by atoms with van der Waals surface area (Å²) in [5.41, 5.74) is 3.73. The van der Waals surface area contributed by atoms with E-state index >= 15 is 0 Å². The number of fused-ring (bicyclic) bond motifs is 1. The van der Waals surface area contributed by atoms with Gasteiger partial charge in [0.2, 0.25) is 0 Å². The number of rotatable bonds is 2. The van der Waals surface area contributed by atoms with Crippen molar-refractivity contribution >= 4 is 0 Å². The zero-order valence-electron chi connectivity index (χ0n) is 8.17. The van der Waals surface area contributed by atoms with Crippen molar-refractivity contribution in [2.45, 2.75) is 19.6 Å². The zero-order chi connectivity index (χ0) is 9.26. The van der Waals surface area contributed by atoms with Crippen molar-refractivity contribution in [2.24, 2.45) is 0 Å². The highest BCUT2D eigenvalue weighted by Gasteiger charge is 2.11. The largest absolute Gasteiger partial charge is 0.307 e. The molecule has 2 rings (SSSR count). The Kier molecular flexibility index (Phi) is 2.29. The summed E-state index contributed by atoms with van der Waals surface area (Å²) in [4.78, 5) is 6.73. The molecule has 0 radical (unpaired) electrons. The lowest BCUT2D eigenvalue weighted by Crippen LogP contribution is -2.12. The van der Waals surface area contributed by atoms with E-state index in [-0.39, 0.29) is 0 Å². The predicted molar refractivity (Wildman–Crippen MR) is 52.2 cm³/mol. The lowest BCUT2D eigenvalue weighted by Gasteiger charge is -2.09. The second-order valence-corrected chi connectivity index (χ2v) is 3.75. The normalized spacial score (nSPS) is 15.0. The molecule has 1 aromatic heterocycles. The number of nitrogens with one attached hydrogen (secondary N) is 1. The molecule has 0 amide bonds. The van der Waals surface area contributed by atoms with E-state index in [2.05, 4.69) is 41.4 Å². The standard InChI is InChI=1S/C10H15N3/c1-13(2)7-9-4-3-8-5-11-6-10(8)12-9/h3-4,11H,5-7H2,1-2H3. The molecule has 2 heterocycles. The van der Waals surface area contributed by atoms with Crippen LogP contribution in [-0.2, 0) is 19.6 Å². The molecule has 1 aliphatic heterocycles. The zero-order valence-corrected chi connectivity index (χ0v) is 8.17. The molecule has 0 bridgehead atoms. The van der Waals surface area contributed by atoms with Crippen molar-refractivity contribution in [1.82, 2.24) is 15.2 Å². The van der Waals surface area contributed by atoms with Crippen molar-refractivity contribution in [1.29, 1.82) is 0 Å². The summed E-state index contributed by atoms with van der Waals surface area (Å²) in [6, 6.07) is 4.30. The molecule has 0 unspecified atom stereocenters. The molecule has 0 aromatic carbocycles. The molecule has 0 saturated heterocycles. The summed E-state index contributed by atoms with van der Waals surface area (Å²) in [5, 5.41) is 3.29. The van der Waals surface area contributed by atoms with Crippen LogP contribution in [0.3, 0.4) is 0 Å². The monoisotopic (exact) mass is 177 g/mol. The van der Waals surface area contributed by atoms with Gasteiger partial charge in [0.1, 0.15) is 0 Å². The second kappa shape index (κ2) is 3.44. The number of pyridine rings is 1. The minimum atomic E-state index is 0.924. The van der Waals surface area contributed by atoms with Gasteiger partial charge in [-0.2, -0.15) is 0 Å². The average molecular weight is 177 g/mol. The van der Waals surface area contributed by atoms with Crippen molar-refractivity contribution < 1.29 is 0 Å². The lowest BCUT2D eigenvalue weighted by molar-refractivity contribution is 0.396. The molecule has 3 heteroatoms. The summed E-state index contributed by atoms with van der Waals surface area (Å²) >= 11 is 0. The van der Waals surface area contributed by atoms with Crippen LogP contribution in [0.5, 0.6) is 0 Å². The maximum atomic E-state index is 4.59. The van der Waals surface area contributed by atoms with Crippen molar-refractivity contribution in [3.8, 4) is 0 Å². The number of aromatic nitrogens is 1. The molecule has 1 aromatic rings. The number of hydrogen-bond acceptors (Lipinski definition) is 3. The van der Waals surface area contributed by atoms with E-state index in [9.17, 15) is 0 Å². The molecule has 0 saturated carbocycles. The fourth-order valence-electron chi connectivity index (χ4n) is 1.62. The van der Waals surface area contributed by atoms with Crippen LogP contribution in [0.1, 0.15) is 17.0 Å². The van der Waals surface area contributed by atoms with E-state index in [1.54, 1.807) is 0 Å². The van der Waals surface area contributed by atoms with Crippen LogP contribution in [-0.4, -0.2) is 24.0 Å². The Morgan fingerprint density at radius 2 is 2.23 bits per heavy atom. The predicted octanol–water partition coefficient (Wildman–Crippen LogP) is 0.746. The summed E-state index contributed by atoms with van der Waals surface area (Å²) < 4.78 is 0. The van der Waals surface area contributed by atoms with E-state index in [0.29, 0.717) is 0 Å². The van der Waals surface area contributed by atoms with Gasteiger partial charge in [0.25, 0.3) is 0 Å². The van der Waals surface area contributed by atoms with Gasteiger partial charge >= 0.3 is 0 Å². The molecule has 1 N–H and O–H groups in total. The van der Waals surface area contributed by atoms with Crippen LogP contribution in [0, 0.1) is 0 Å². The molecule has 1 aliphatic rings. The molecular formula is C10H15N3. The van der Waals surface area contributed by atoms with E-state index in [1.165, 1.54) is 11.3 Å². The van der Waals surface area contributed by atoms with E-state index in [4.69, 9.17) is 0 Å². The quantitative estimate of drug-likeness (QED) is 0.722. The van der Waals surface area contributed by atoms with Gasteiger partial charge in [0.05, 0.1) is 11.4 Å². The van der Waals surface area contributed by atoms with Crippen LogP contribution in [0.2, 0.25) is 0 Å². The Labute approximate surface area is 78.8 Å². The topological polar surface area (TPSA) is 28.2 Å². The molecule has 70 valence electrons. The highest BCUT2D eigenvalue weighted by atomic mass is 15.1. The van der Waals surface area contributed by atoms with Crippen LogP contribution >= 0.6 is 0 Å². The van der Waals surface area contributed by atoms with Gasteiger partial charge in [-0.15, -0.1) is 0 Å². The van der Waals surface area contributed by atoms with Gasteiger partial charge < -0.3 is 10.2 Å².